The van der Waals surface area contributed by atoms with E-state index < -0.39 is 0 Å². The molecule has 17 heavy (non-hydrogen) atoms. The maximum absolute atomic E-state index is 5.05. The molecule has 0 saturated carbocycles. The third kappa shape index (κ3) is 2.85. The fourth-order valence-electron chi connectivity index (χ4n) is 1.57. The van der Waals surface area contributed by atoms with Gasteiger partial charge in [0, 0.05) is 45.5 Å². The molecule has 0 spiro atoms. The van der Waals surface area contributed by atoms with Crippen molar-refractivity contribution in [3.05, 3.63) is 30.6 Å². The summed E-state index contributed by atoms with van der Waals surface area (Å²) in [5, 5.41) is 3.26. The minimum atomic E-state index is 0.660. The second-order valence-corrected chi connectivity index (χ2v) is 3.74. The molecule has 0 aromatic carbocycles. The molecule has 0 aliphatic heterocycles. The van der Waals surface area contributed by atoms with Gasteiger partial charge in [0.25, 0.3) is 0 Å². The van der Waals surface area contributed by atoms with Gasteiger partial charge in [0.05, 0.1) is 13.2 Å². The SMILES string of the molecule is COCCn1ccnc1NCc1nccn1C. The molecule has 6 heteroatoms. The van der Waals surface area contributed by atoms with Gasteiger partial charge in [0.2, 0.25) is 5.95 Å². The van der Waals surface area contributed by atoms with Gasteiger partial charge in [-0.1, -0.05) is 0 Å². The lowest BCUT2D eigenvalue weighted by atomic mass is 10.5. The molecule has 2 heterocycles. The number of nitrogens with one attached hydrogen (secondary N) is 1. The summed E-state index contributed by atoms with van der Waals surface area (Å²) in [5.41, 5.74) is 0. The van der Waals surface area contributed by atoms with Crippen LogP contribution >= 0.6 is 0 Å². The number of hydrogen-bond donors (Lipinski definition) is 1. The second-order valence-electron chi connectivity index (χ2n) is 3.74. The first-order chi connectivity index (χ1) is 8.31. The Kier molecular flexibility index (Phi) is 3.77. The van der Waals surface area contributed by atoms with Gasteiger partial charge in [-0.05, 0) is 0 Å². The summed E-state index contributed by atoms with van der Waals surface area (Å²) in [4.78, 5) is 8.50. The highest BCUT2D eigenvalue weighted by Crippen LogP contribution is 2.06. The summed E-state index contributed by atoms with van der Waals surface area (Å²) < 4.78 is 9.05. The molecule has 1 N–H and O–H groups in total. The van der Waals surface area contributed by atoms with Crippen LogP contribution in [0.25, 0.3) is 0 Å². The van der Waals surface area contributed by atoms with Gasteiger partial charge < -0.3 is 19.2 Å². The molecule has 0 fully saturated rings. The van der Waals surface area contributed by atoms with Crippen LogP contribution in [0.2, 0.25) is 0 Å². The van der Waals surface area contributed by atoms with Crippen LogP contribution in [-0.2, 0) is 24.9 Å². The first kappa shape index (κ1) is 11.7. The summed E-state index contributed by atoms with van der Waals surface area (Å²) in [6.07, 6.45) is 7.42. The molecule has 0 saturated heterocycles. The number of rotatable bonds is 6. The van der Waals surface area contributed by atoms with Gasteiger partial charge >= 0.3 is 0 Å². The van der Waals surface area contributed by atoms with Crippen LogP contribution in [0.5, 0.6) is 0 Å². The highest BCUT2D eigenvalue weighted by atomic mass is 16.5. The Labute approximate surface area is 100 Å². The fourth-order valence-corrected chi connectivity index (χ4v) is 1.57. The highest BCUT2D eigenvalue weighted by Gasteiger charge is 2.03. The molecule has 0 atom stereocenters. The van der Waals surface area contributed by atoms with Crippen molar-refractivity contribution in [2.24, 2.45) is 7.05 Å². The first-order valence-corrected chi connectivity index (χ1v) is 5.51. The van der Waals surface area contributed by atoms with E-state index in [1.165, 1.54) is 0 Å². The lowest BCUT2D eigenvalue weighted by molar-refractivity contribution is 0.187. The Morgan fingerprint density at radius 2 is 2.12 bits per heavy atom. The van der Waals surface area contributed by atoms with E-state index in [9.17, 15) is 0 Å². The molecular weight excluding hydrogens is 218 g/mol. The third-order valence-corrected chi connectivity index (χ3v) is 2.58. The van der Waals surface area contributed by atoms with Crippen molar-refractivity contribution < 1.29 is 4.74 Å². The van der Waals surface area contributed by atoms with Gasteiger partial charge in [-0.2, -0.15) is 0 Å². The van der Waals surface area contributed by atoms with Crippen LogP contribution in [0.3, 0.4) is 0 Å². The van der Waals surface area contributed by atoms with Crippen LogP contribution in [0, 0.1) is 0 Å². The number of aryl methyl sites for hydroxylation is 1. The maximum Gasteiger partial charge on any atom is 0.203 e. The number of anilines is 1. The molecule has 0 radical (unpaired) electrons. The topological polar surface area (TPSA) is 56.9 Å². The summed E-state index contributed by atoms with van der Waals surface area (Å²) in [7, 11) is 3.67. The Balaban J connectivity index is 1.95. The normalized spacial score (nSPS) is 10.7. The van der Waals surface area contributed by atoms with Crippen molar-refractivity contribution in [1.29, 1.82) is 0 Å². The maximum atomic E-state index is 5.05. The monoisotopic (exact) mass is 235 g/mol. The van der Waals surface area contributed by atoms with Gasteiger partial charge in [-0.15, -0.1) is 0 Å². The Hall–Kier alpha value is -1.82. The number of imidazole rings is 2. The number of methoxy groups -OCH3 is 1. The lowest BCUT2D eigenvalue weighted by Crippen LogP contribution is -2.12. The van der Waals surface area contributed by atoms with E-state index in [1.54, 1.807) is 19.5 Å². The average molecular weight is 235 g/mol. The fraction of sp³-hybridized carbons (Fsp3) is 0.455. The molecule has 0 amide bonds. The van der Waals surface area contributed by atoms with Gasteiger partial charge in [0.1, 0.15) is 5.82 Å². The van der Waals surface area contributed by atoms with E-state index in [1.807, 2.05) is 28.6 Å². The zero-order chi connectivity index (χ0) is 12.1. The zero-order valence-electron chi connectivity index (χ0n) is 10.1. The average Bonchev–Trinajstić information content (AvgIpc) is 2.93. The number of hydrogen-bond acceptors (Lipinski definition) is 4. The minimum absolute atomic E-state index is 0.660. The lowest BCUT2D eigenvalue weighted by Gasteiger charge is -2.09. The van der Waals surface area contributed by atoms with Crippen LogP contribution in [0.1, 0.15) is 5.82 Å². The van der Waals surface area contributed by atoms with Crippen molar-refractivity contribution in [2.75, 3.05) is 19.0 Å². The predicted octanol–water partition coefficient (Wildman–Crippen LogP) is 0.875. The van der Waals surface area contributed by atoms with Gasteiger partial charge in [0.15, 0.2) is 0 Å². The summed E-state index contributed by atoms with van der Waals surface area (Å²) in [5.74, 6) is 1.82. The second kappa shape index (κ2) is 5.49. The van der Waals surface area contributed by atoms with E-state index in [-0.39, 0.29) is 0 Å². The standard InChI is InChI=1S/C11H17N5O/c1-15-5-3-12-10(15)9-14-11-13-4-6-16(11)7-8-17-2/h3-6H,7-9H2,1-2H3,(H,13,14). The third-order valence-electron chi connectivity index (χ3n) is 2.58. The molecule has 0 aliphatic carbocycles. The number of aromatic nitrogens is 4. The Bertz CT molecular complexity index is 462. The zero-order valence-corrected chi connectivity index (χ0v) is 10.1. The molecule has 0 aliphatic rings. The van der Waals surface area contributed by atoms with Crippen molar-refractivity contribution in [3.8, 4) is 0 Å². The molecule has 2 aromatic heterocycles. The predicted molar refractivity (Wildman–Crippen MR) is 64.6 cm³/mol. The van der Waals surface area contributed by atoms with Crippen LogP contribution in [0.15, 0.2) is 24.8 Å². The summed E-state index contributed by atoms with van der Waals surface area (Å²) in [6, 6.07) is 0. The molecule has 92 valence electrons. The molecule has 2 rings (SSSR count). The van der Waals surface area contributed by atoms with E-state index in [2.05, 4.69) is 15.3 Å². The largest absolute Gasteiger partial charge is 0.383 e. The van der Waals surface area contributed by atoms with Crippen molar-refractivity contribution in [1.82, 2.24) is 19.1 Å². The van der Waals surface area contributed by atoms with E-state index >= 15 is 0 Å². The van der Waals surface area contributed by atoms with Crippen molar-refractivity contribution in [2.45, 2.75) is 13.1 Å². The van der Waals surface area contributed by atoms with Crippen LogP contribution in [0.4, 0.5) is 5.95 Å². The smallest absolute Gasteiger partial charge is 0.203 e. The van der Waals surface area contributed by atoms with Crippen LogP contribution < -0.4 is 5.32 Å². The number of ether oxygens (including phenoxy) is 1. The molecule has 0 bridgehead atoms. The van der Waals surface area contributed by atoms with Gasteiger partial charge in [-0.25, -0.2) is 9.97 Å². The molecular formula is C11H17N5O. The quantitative estimate of drug-likeness (QED) is 0.807. The Morgan fingerprint density at radius 3 is 2.82 bits per heavy atom. The number of nitrogens with zero attached hydrogens (tertiary/aromatic N) is 4. The van der Waals surface area contributed by atoms with Crippen LogP contribution in [-0.4, -0.2) is 32.8 Å². The highest BCUT2D eigenvalue weighted by molar-refractivity contribution is 5.26. The van der Waals surface area contributed by atoms with E-state index in [4.69, 9.17) is 4.74 Å². The minimum Gasteiger partial charge on any atom is -0.383 e. The van der Waals surface area contributed by atoms with Gasteiger partial charge in [-0.3, -0.25) is 0 Å². The van der Waals surface area contributed by atoms with E-state index in [0.29, 0.717) is 13.2 Å². The van der Waals surface area contributed by atoms with E-state index in [0.717, 1.165) is 18.3 Å². The first-order valence-electron chi connectivity index (χ1n) is 5.51. The molecule has 0 unspecified atom stereocenters. The van der Waals surface area contributed by atoms with Crippen molar-refractivity contribution >= 4 is 5.95 Å². The summed E-state index contributed by atoms with van der Waals surface area (Å²) in [6.45, 7) is 2.13. The van der Waals surface area contributed by atoms with Crippen molar-refractivity contribution in [3.63, 3.8) is 0 Å². The molecule has 6 nitrogen and oxygen atoms in total. The summed E-state index contributed by atoms with van der Waals surface area (Å²) >= 11 is 0. The molecule has 2 aromatic rings. The Morgan fingerprint density at radius 1 is 1.29 bits per heavy atom.